The highest BCUT2D eigenvalue weighted by Gasteiger charge is 2.21. The van der Waals surface area contributed by atoms with E-state index in [0.29, 0.717) is 18.9 Å². The molecule has 1 aromatic rings. The molecule has 0 aromatic carbocycles. The highest BCUT2D eigenvalue weighted by molar-refractivity contribution is 5.83. The van der Waals surface area contributed by atoms with Gasteiger partial charge in [-0.05, 0) is 31.4 Å². The lowest BCUT2D eigenvalue weighted by Crippen LogP contribution is -2.18. The van der Waals surface area contributed by atoms with Crippen molar-refractivity contribution in [3.63, 3.8) is 0 Å². The first-order valence-electron chi connectivity index (χ1n) is 5.71. The zero-order valence-corrected chi connectivity index (χ0v) is 9.77. The molecule has 1 saturated heterocycles. The van der Waals surface area contributed by atoms with Crippen LogP contribution in [-0.4, -0.2) is 29.4 Å². The van der Waals surface area contributed by atoms with E-state index in [0.717, 1.165) is 24.1 Å². The summed E-state index contributed by atoms with van der Waals surface area (Å²) in [6, 6.07) is 1.83. The maximum absolute atomic E-state index is 10.8. The fourth-order valence-corrected chi connectivity index (χ4v) is 2.09. The standard InChI is InChI=1S/C12H16N2O3/c1-8-6-10(14-12(15)16)11(13-7-8)9-2-4-17-5-3-9/h6-7,9,14H,2-5H2,1H3,(H,15,16). The lowest BCUT2D eigenvalue weighted by molar-refractivity contribution is 0.0846. The highest BCUT2D eigenvalue weighted by Crippen LogP contribution is 2.30. The molecule has 0 unspecified atom stereocenters. The number of hydrogen-bond acceptors (Lipinski definition) is 3. The van der Waals surface area contributed by atoms with E-state index in [1.165, 1.54) is 0 Å². The topological polar surface area (TPSA) is 71.5 Å². The minimum absolute atomic E-state index is 0.284. The van der Waals surface area contributed by atoms with Crippen molar-refractivity contribution in [2.75, 3.05) is 18.5 Å². The number of aryl methyl sites for hydroxylation is 1. The number of carboxylic acid groups (broad SMARTS) is 1. The molecule has 0 aliphatic carbocycles. The van der Waals surface area contributed by atoms with Gasteiger partial charge in [0.05, 0.1) is 11.4 Å². The van der Waals surface area contributed by atoms with Gasteiger partial charge in [-0.3, -0.25) is 10.3 Å². The van der Waals surface area contributed by atoms with Crippen LogP contribution in [0.4, 0.5) is 10.5 Å². The maximum Gasteiger partial charge on any atom is 0.409 e. The smallest absolute Gasteiger partial charge is 0.409 e. The number of ether oxygens (including phenoxy) is 1. The van der Waals surface area contributed by atoms with E-state index in [1.54, 1.807) is 6.20 Å². The van der Waals surface area contributed by atoms with E-state index in [1.807, 2.05) is 13.0 Å². The molecule has 0 spiro atoms. The SMILES string of the molecule is Cc1cnc(C2CCOCC2)c(NC(=O)O)c1. The fourth-order valence-electron chi connectivity index (χ4n) is 2.09. The van der Waals surface area contributed by atoms with Gasteiger partial charge in [-0.1, -0.05) is 0 Å². The Morgan fingerprint density at radius 1 is 1.53 bits per heavy atom. The molecule has 1 aliphatic heterocycles. The maximum atomic E-state index is 10.8. The summed E-state index contributed by atoms with van der Waals surface area (Å²) in [5.74, 6) is 0.284. The lowest BCUT2D eigenvalue weighted by atomic mass is 9.94. The number of carbonyl (C=O) groups is 1. The third-order valence-electron chi connectivity index (χ3n) is 2.90. The number of rotatable bonds is 2. The van der Waals surface area contributed by atoms with Gasteiger partial charge in [-0.25, -0.2) is 4.79 Å². The fraction of sp³-hybridized carbons (Fsp3) is 0.500. The van der Waals surface area contributed by atoms with E-state index in [9.17, 15) is 4.79 Å². The molecule has 1 amide bonds. The Labute approximate surface area is 99.8 Å². The summed E-state index contributed by atoms with van der Waals surface area (Å²) < 4.78 is 5.30. The van der Waals surface area contributed by atoms with Crippen LogP contribution in [0.3, 0.4) is 0 Å². The number of nitrogens with zero attached hydrogens (tertiary/aromatic N) is 1. The first kappa shape index (κ1) is 11.9. The normalized spacial score (nSPS) is 16.8. The summed E-state index contributed by atoms with van der Waals surface area (Å²) in [4.78, 5) is 15.1. The second-order valence-electron chi connectivity index (χ2n) is 4.26. The predicted octanol–water partition coefficient (Wildman–Crippen LogP) is 2.37. The molecule has 5 nitrogen and oxygen atoms in total. The van der Waals surface area contributed by atoms with Crippen LogP contribution in [0.15, 0.2) is 12.3 Å². The molecule has 17 heavy (non-hydrogen) atoms. The van der Waals surface area contributed by atoms with Crippen molar-refractivity contribution in [3.05, 3.63) is 23.5 Å². The zero-order chi connectivity index (χ0) is 12.3. The molecular weight excluding hydrogens is 220 g/mol. The minimum atomic E-state index is -1.05. The second-order valence-corrected chi connectivity index (χ2v) is 4.26. The summed E-state index contributed by atoms with van der Waals surface area (Å²) in [7, 11) is 0. The van der Waals surface area contributed by atoms with Gasteiger partial charge in [0.15, 0.2) is 0 Å². The van der Waals surface area contributed by atoms with E-state index in [-0.39, 0.29) is 5.92 Å². The zero-order valence-electron chi connectivity index (χ0n) is 9.77. The number of hydrogen-bond donors (Lipinski definition) is 2. The third kappa shape index (κ3) is 2.94. The highest BCUT2D eigenvalue weighted by atomic mass is 16.5. The molecule has 5 heteroatoms. The molecule has 1 aliphatic rings. The van der Waals surface area contributed by atoms with Crippen molar-refractivity contribution in [1.29, 1.82) is 0 Å². The summed E-state index contributed by atoms with van der Waals surface area (Å²) in [6.45, 7) is 3.33. The molecule has 0 radical (unpaired) electrons. The molecule has 2 rings (SSSR count). The van der Waals surface area contributed by atoms with Crippen LogP contribution in [0.1, 0.15) is 30.0 Å². The predicted molar refractivity (Wildman–Crippen MR) is 63.4 cm³/mol. The van der Waals surface area contributed by atoms with E-state index >= 15 is 0 Å². The first-order valence-corrected chi connectivity index (χ1v) is 5.71. The number of aromatic nitrogens is 1. The van der Waals surface area contributed by atoms with Crippen molar-refractivity contribution < 1.29 is 14.6 Å². The van der Waals surface area contributed by atoms with Crippen molar-refractivity contribution in [2.45, 2.75) is 25.7 Å². The van der Waals surface area contributed by atoms with Gasteiger partial charge in [0.2, 0.25) is 0 Å². The average Bonchev–Trinajstić information content (AvgIpc) is 2.29. The van der Waals surface area contributed by atoms with E-state index in [4.69, 9.17) is 9.84 Å². The minimum Gasteiger partial charge on any atom is -0.465 e. The molecule has 2 N–H and O–H groups in total. The van der Waals surface area contributed by atoms with Gasteiger partial charge >= 0.3 is 6.09 Å². The van der Waals surface area contributed by atoms with Crippen molar-refractivity contribution in [2.24, 2.45) is 0 Å². The Morgan fingerprint density at radius 2 is 2.24 bits per heavy atom. The van der Waals surface area contributed by atoms with Gasteiger partial charge < -0.3 is 9.84 Å². The molecule has 0 bridgehead atoms. The van der Waals surface area contributed by atoms with Crippen molar-refractivity contribution in [3.8, 4) is 0 Å². The summed E-state index contributed by atoms with van der Waals surface area (Å²) in [5.41, 5.74) is 2.38. The summed E-state index contributed by atoms with van der Waals surface area (Å²) >= 11 is 0. The number of anilines is 1. The Kier molecular flexibility index (Phi) is 3.58. The van der Waals surface area contributed by atoms with Crippen LogP contribution in [0.5, 0.6) is 0 Å². The van der Waals surface area contributed by atoms with Gasteiger partial charge in [0, 0.05) is 25.3 Å². The first-order chi connectivity index (χ1) is 8.16. The molecule has 92 valence electrons. The number of pyridine rings is 1. The Morgan fingerprint density at radius 3 is 2.88 bits per heavy atom. The van der Waals surface area contributed by atoms with Crippen LogP contribution in [0, 0.1) is 6.92 Å². The van der Waals surface area contributed by atoms with Crippen LogP contribution in [0.2, 0.25) is 0 Å². The monoisotopic (exact) mass is 236 g/mol. The second kappa shape index (κ2) is 5.14. The molecule has 0 atom stereocenters. The van der Waals surface area contributed by atoms with Crippen LogP contribution >= 0.6 is 0 Å². The summed E-state index contributed by atoms with van der Waals surface area (Å²) in [5, 5.41) is 11.2. The van der Waals surface area contributed by atoms with Gasteiger partial charge in [0.25, 0.3) is 0 Å². The average molecular weight is 236 g/mol. The van der Waals surface area contributed by atoms with Gasteiger partial charge in [-0.15, -0.1) is 0 Å². The Balaban J connectivity index is 2.27. The molecule has 1 aromatic heterocycles. The van der Waals surface area contributed by atoms with Gasteiger partial charge in [0.1, 0.15) is 0 Å². The Bertz CT molecular complexity index is 414. The Hall–Kier alpha value is -1.62. The molecular formula is C12H16N2O3. The quantitative estimate of drug-likeness (QED) is 0.827. The van der Waals surface area contributed by atoms with E-state index in [2.05, 4.69) is 10.3 Å². The lowest BCUT2D eigenvalue weighted by Gasteiger charge is -2.23. The van der Waals surface area contributed by atoms with Crippen molar-refractivity contribution >= 4 is 11.8 Å². The summed E-state index contributed by atoms with van der Waals surface area (Å²) in [6.07, 6.45) is 2.51. The van der Waals surface area contributed by atoms with Crippen LogP contribution < -0.4 is 5.32 Å². The molecule has 1 fully saturated rings. The number of amides is 1. The molecule has 0 saturated carbocycles. The van der Waals surface area contributed by atoms with Crippen LogP contribution in [-0.2, 0) is 4.74 Å². The van der Waals surface area contributed by atoms with Gasteiger partial charge in [-0.2, -0.15) is 0 Å². The molecule has 2 heterocycles. The third-order valence-corrected chi connectivity index (χ3v) is 2.90. The van der Waals surface area contributed by atoms with Crippen LogP contribution in [0.25, 0.3) is 0 Å². The largest absolute Gasteiger partial charge is 0.465 e. The van der Waals surface area contributed by atoms with E-state index < -0.39 is 6.09 Å². The number of nitrogens with one attached hydrogen (secondary N) is 1. The van der Waals surface area contributed by atoms with Crippen molar-refractivity contribution in [1.82, 2.24) is 4.98 Å².